The van der Waals surface area contributed by atoms with E-state index in [1.54, 1.807) is 0 Å². The zero-order valence-electron chi connectivity index (χ0n) is 16.1. The van der Waals surface area contributed by atoms with Gasteiger partial charge in [-0.15, -0.1) is 0 Å². The normalized spacial score (nSPS) is 25.9. The predicted octanol–water partition coefficient (Wildman–Crippen LogP) is 4.24. The molecule has 0 atom stereocenters. The number of hydrogen-bond acceptors (Lipinski definition) is 4. The van der Waals surface area contributed by atoms with Crippen LogP contribution in [-0.2, 0) is 9.16 Å². The third-order valence-corrected chi connectivity index (χ3v) is 7.39. The van der Waals surface area contributed by atoms with Crippen molar-refractivity contribution in [3.63, 3.8) is 0 Å². The fourth-order valence-corrected chi connectivity index (χ4v) is 3.43. The number of ether oxygens (including phenoxy) is 1. The lowest BCUT2D eigenvalue weighted by molar-refractivity contribution is -0.0249. The molecule has 5 heteroatoms. The van der Waals surface area contributed by atoms with Crippen LogP contribution in [0.4, 0.5) is 0 Å². The lowest BCUT2D eigenvalue weighted by atomic mass is 9.77. The van der Waals surface area contributed by atoms with Gasteiger partial charge in [-0.3, -0.25) is 5.32 Å². The molecular weight excluding hydrogens is 304 g/mol. The highest BCUT2D eigenvalue weighted by molar-refractivity contribution is 6.53. The summed E-state index contributed by atoms with van der Waals surface area (Å²) in [6.07, 6.45) is 3.86. The van der Waals surface area contributed by atoms with E-state index in [1.165, 1.54) is 0 Å². The van der Waals surface area contributed by atoms with Crippen molar-refractivity contribution in [1.29, 1.82) is 5.26 Å². The van der Waals surface area contributed by atoms with Gasteiger partial charge in [0.15, 0.2) is 0 Å². The quantitative estimate of drug-likeness (QED) is 0.581. The van der Waals surface area contributed by atoms with Gasteiger partial charge >= 0.3 is 9.04 Å². The Hall–Kier alpha value is -0.413. The average Bonchev–Trinajstić information content (AvgIpc) is 2.43. The third kappa shape index (κ3) is 7.34. The summed E-state index contributed by atoms with van der Waals surface area (Å²) in [6, 6.07) is 2.49. The number of nitrogens with zero attached hydrogens (tertiary/aromatic N) is 1. The predicted molar refractivity (Wildman–Crippen MR) is 96.4 cm³/mol. The van der Waals surface area contributed by atoms with Gasteiger partial charge in [0.25, 0.3) is 0 Å². The van der Waals surface area contributed by atoms with E-state index in [0.717, 1.165) is 32.3 Å². The second kappa shape index (κ2) is 8.11. The number of hydrogen-bond donors (Lipinski definition) is 1. The topological polar surface area (TPSA) is 54.3 Å². The Kier molecular flexibility index (Phi) is 7.27. The van der Waals surface area contributed by atoms with Crippen LogP contribution in [0, 0.1) is 17.2 Å². The largest absolute Gasteiger partial charge is 0.475 e. The molecule has 1 aliphatic rings. The third-order valence-electron chi connectivity index (χ3n) is 4.68. The summed E-state index contributed by atoms with van der Waals surface area (Å²) in [6.45, 7) is 16.4. The summed E-state index contributed by atoms with van der Waals surface area (Å²) in [5.41, 5.74) is -0.604. The summed E-state index contributed by atoms with van der Waals surface area (Å²) >= 11 is 0. The second-order valence-corrected chi connectivity index (χ2v) is 11.7. The van der Waals surface area contributed by atoms with Gasteiger partial charge in [-0.25, -0.2) is 4.43 Å². The van der Waals surface area contributed by atoms with Gasteiger partial charge in [0.2, 0.25) is 0 Å². The number of nitrogens with one attached hydrogen (secondary N) is 1. The van der Waals surface area contributed by atoms with Crippen molar-refractivity contribution in [2.45, 2.75) is 90.0 Å². The summed E-state index contributed by atoms with van der Waals surface area (Å²) in [7, 11) is -0.769. The van der Waals surface area contributed by atoms with E-state index < -0.39 is 14.6 Å². The van der Waals surface area contributed by atoms with Gasteiger partial charge in [0, 0.05) is 0 Å². The Morgan fingerprint density at radius 1 is 1.17 bits per heavy atom. The smallest absolute Gasteiger partial charge is 0.361 e. The Balaban J connectivity index is 2.39. The van der Waals surface area contributed by atoms with Crippen LogP contribution in [0.5, 0.6) is 0 Å². The van der Waals surface area contributed by atoms with Crippen molar-refractivity contribution in [1.82, 2.24) is 5.32 Å². The van der Waals surface area contributed by atoms with Crippen LogP contribution in [-0.4, -0.2) is 33.5 Å². The molecule has 0 aliphatic heterocycles. The molecule has 0 heterocycles. The number of rotatable bonds is 6. The Labute approximate surface area is 144 Å². The monoisotopic (exact) mass is 339 g/mol. The van der Waals surface area contributed by atoms with Crippen molar-refractivity contribution in [2.75, 3.05) is 13.3 Å². The van der Waals surface area contributed by atoms with E-state index in [2.05, 4.69) is 38.7 Å². The first-order valence-corrected chi connectivity index (χ1v) is 10.7. The molecule has 23 heavy (non-hydrogen) atoms. The fraction of sp³-hybridized carbons (Fsp3) is 0.944. The molecule has 0 spiro atoms. The first-order valence-electron chi connectivity index (χ1n) is 8.74. The highest BCUT2D eigenvalue weighted by Crippen LogP contribution is 2.33. The van der Waals surface area contributed by atoms with E-state index in [-0.39, 0.29) is 10.6 Å². The molecule has 1 rings (SSSR count). The lowest BCUT2D eigenvalue weighted by Crippen LogP contribution is -2.49. The van der Waals surface area contributed by atoms with Crippen LogP contribution in [0.25, 0.3) is 0 Å². The minimum absolute atomic E-state index is 0.179. The van der Waals surface area contributed by atoms with Crippen LogP contribution in [0.3, 0.4) is 0 Å². The molecule has 0 unspecified atom stereocenters. The molecule has 1 N–H and O–H groups in total. The molecule has 0 bridgehead atoms. The van der Waals surface area contributed by atoms with E-state index in [4.69, 9.17) is 9.16 Å². The molecule has 4 nitrogen and oxygen atoms in total. The van der Waals surface area contributed by atoms with Gasteiger partial charge in [-0.1, -0.05) is 0 Å². The maximum atomic E-state index is 9.59. The van der Waals surface area contributed by atoms with E-state index in [1.807, 2.05) is 20.8 Å². The van der Waals surface area contributed by atoms with Crippen LogP contribution in [0.15, 0.2) is 0 Å². The first kappa shape index (κ1) is 20.6. The van der Waals surface area contributed by atoms with E-state index >= 15 is 0 Å². The highest BCUT2D eigenvalue weighted by Gasteiger charge is 2.41. The standard InChI is InChI=1S/C18H35N2O2Si/c1-16(2,3)21-14-20-18(13-19)10-8-15(9-11-18)12-22-23(7)17(4,5)6/h15,20H,8-12,14H2,1-7H3/q+1. The molecule has 0 aromatic heterocycles. The molecule has 1 aliphatic carbocycles. The minimum Gasteiger partial charge on any atom is -0.361 e. The Bertz CT molecular complexity index is 399. The van der Waals surface area contributed by atoms with E-state index in [0.29, 0.717) is 12.6 Å². The Morgan fingerprint density at radius 3 is 2.17 bits per heavy atom. The molecule has 0 amide bonds. The van der Waals surface area contributed by atoms with Crippen molar-refractivity contribution >= 4 is 9.04 Å². The summed E-state index contributed by atoms with van der Waals surface area (Å²) in [4.78, 5) is 0. The van der Waals surface area contributed by atoms with Crippen LogP contribution < -0.4 is 5.32 Å². The molecule has 0 aromatic rings. The van der Waals surface area contributed by atoms with Gasteiger partial charge in [-0.05, 0) is 73.1 Å². The maximum Gasteiger partial charge on any atom is 0.475 e. The number of nitriles is 1. The van der Waals surface area contributed by atoms with Gasteiger partial charge in [0.1, 0.15) is 10.6 Å². The molecule has 0 aromatic carbocycles. The van der Waals surface area contributed by atoms with Crippen LogP contribution >= 0.6 is 0 Å². The fourth-order valence-electron chi connectivity index (χ4n) is 2.52. The van der Waals surface area contributed by atoms with Crippen LogP contribution in [0.2, 0.25) is 11.6 Å². The van der Waals surface area contributed by atoms with Crippen LogP contribution in [0.1, 0.15) is 67.2 Å². The zero-order chi connectivity index (χ0) is 17.7. The molecule has 132 valence electrons. The summed E-state index contributed by atoms with van der Waals surface area (Å²) in [5, 5.41) is 13.2. The summed E-state index contributed by atoms with van der Waals surface area (Å²) in [5.74, 6) is 0.587. The minimum atomic E-state index is -0.769. The zero-order valence-corrected chi connectivity index (χ0v) is 17.1. The molecule has 0 radical (unpaired) electrons. The molecular formula is C18H35N2O2Si+. The van der Waals surface area contributed by atoms with Crippen molar-refractivity contribution in [2.24, 2.45) is 5.92 Å². The van der Waals surface area contributed by atoms with Gasteiger partial charge < -0.3 is 4.74 Å². The lowest BCUT2D eigenvalue weighted by Gasteiger charge is -2.36. The summed E-state index contributed by atoms with van der Waals surface area (Å²) < 4.78 is 11.9. The molecule has 0 saturated heterocycles. The van der Waals surface area contributed by atoms with Crippen molar-refractivity contribution in [3.05, 3.63) is 0 Å². The van der Waals surface area contributed by atoms with E-state index in [9.17, 15) is 5.26 Å². The highest BCUT2D eigenvalue weighted by atomic mass is 28.3. The molecule has 1 fully saturated rings. The van der Waals surface area contributed by atoms with Crippen molar-refractivity contribution < 1.29 is 9.16 Å². The average molecular weight is 340 g/mol. The Morgan fingerprint density at radius 2 is 1.74 bits per heavy atom. The van der Waals surface area contributed by atoms with Crippen molar-refractivity contribution in [3.8, 4) is 6.07 Å². The van der Waals surface area contributed by atoms with Gasteiger partial charge in [0.05, 0.1) is 31.6 Å². The van der Waals surface area contributed by atoms with Gasteiger partial charge in [-0.2, -0.15) is 5.26 Å². The first-order chi connectivity index (χ1) is 10.5. The second-order valence-electron chi connectivity index (χ2n) is 8.83. The maximum absolute atomic E-state index is 9.59. The molecule has 1 saturated carbocycles. The SMILES string of the molecule is C[Si+](OCC1CCC(C#N)(NCOC(C)(C)C)CC1)C(C)(C)C.